The van der Waals surface area contributed by atoms with E-state index in [1.807, 2.05) is 6.07 Å². The number of nitrogens with two attached hydrogens (primary N) is 1. The highest BCUT2D eigenvalue weighted by Gasteiger charge is 2.30. The van der Waals surface area contributed by atoms with Gasteiger partial charge in [-0.1, -0.05) is 25.0 Å². The Bertz CT molecular complexity index is 407. The SMILES string of the molecule is CC1Cc2c(N)cccc2CN1C1CCCC1. The fourth-order valence-electron chi connectivity index (χ4n) is 3.54. The second-order valence-electron chi connectivity index (χ2n) is 5.65. The third-order valence-corrected chi connectivity index (χ3v) is 4.52. The summed E-state index contributed by atoms with van der Waals surface area (Å²) < 4.78 is 0. The molecular formula is C15H22N2. The van der Waals surface area contributed by atoms with Crippen LogP contribution in [0.2, 0.25) is 0 Å². The van der Waals surface area contributed by atoms with Gasteiger partial charge in [0.25, 0.3) is 0 Å². The molecule has 2 aliphatic rings. The minimum Gasteiger partial charge on any atom is -0.398 e. The summed E-state index contributed by atoms with van der Waals surface area (Å²) in [6.45, 7) is 3.46. The Labute approximate surface area is 104 Å². The lowest BCUT2D eigenvalue weighted by Gasteiger charge is -2.39. The van der Waals surface area contributed by atoms with Gasteiger partial charge < -0.3 is 5.73 Å². The van der Waals surface area contributed by atoms with E-state index in [2.05, 4.69) is 24.0 Å². The van der Waals surface area contributed by atoms with E-state index in [1.54, 1.807) is 0 Å². The van der Waals surface area contributed by atoms with Crippen LogP contribution in [-0.2, 0) is 13.0 Å². The van der Waals surface area contributed by atoms with Crippen LogP contribution in [0.5, 0.6) is 0 Å². The first-order valence-electron chi connectivity index (χ1n) is 6.87. The van der Waals surface area contributed by atoms with Crippen molar-refractivity contribution in [2.45, 2.75) is 57.7 Å². The zero-order valence-electron chi connectivity index (χ0n) is 10.7. The molecule has 0 amide bonds. The molecule has 0 saturated heterocycles. The van der Waals surface area contributed by atoms with Crippen molar-refractivity contribution in [2.24, 2.45) is 0 Å². The third kappa shape index (κ3) is 1.95. The van der Waals surface area contributed by atoms with Gasteiger partial charge in [0.05, 0.1) is 0 Å². The third-order valence-electron chi connectivity index (χ3n) is 4.52. The Morgan fingerprint density at radius 3 is 2.76 bits per heavy atom. The van der Waals surface area contributed by atoms with E-state index >= 15 is 0 Å². The van der Waals surface area contributed by atoms with Crippen LogP contribution in [0.25, 0.3) is 0 Å². The lowest BCUT2D eigenvalue weighted by atomic mass is 9.92. The molecule has 1 atom stereocenters. The summed E-state index contributed by atoms with van der Waals surface area (Å²) in [5, 5.41) is 0. The highest BCUT2D eigenvalue weighted by molar-refractivity contribution is 5.52. The monoisotopic (exact) mass is 230 g/mol. The van der Waals surface area contributed by atoms with Crippen LogP contribution in [0, 0.1) is 0 Å². The van der Waals surface area contributed by atoms with Gasteiger partial charge in [-0.15, -0.1) is 0 Å². The smallest absolute Gasteiger partial charge is 0.0350 e. The Hall–Kier alpha value is -1.02. The number of benzene rings is 1. The van der Waals surface area contributed by atoms with Crippen molar-refractivity contribution in [1.82, 2.24) is 4.90 Å². The lowest BCUT2D eigenvalue weighted by Crippen LogP contribution is -2.44. The second-order valence-corrected chi connectivity index (χ2v) is 5.65. The molecule has 0 spiro atoms. The Balaban J connectivity index is 1.87. The molecule has 1 aliphatic heterocycles. The Morgan fingerprint density at radius 2 is 2.00 bits per heavy atom. The molecule has 1 aliphatic carbocycles. The summed E-state index contributed by atoms with van der Waals surface area (Å²) in [5.41, 5.74) is 9.92. The molecule has 0 bridgehead atoms. The van der Waals surface area contributed by atoms with Crippen LogP contribution >= 0.6 is 0 Å². The summed E-state index contributed by atoms with van der Waals surface area (Å²) in [6, 6.07) is 7.85. The quantitative estimate of drug-likeness (QED) is 0.752. The number of hydrogen-bond acceptors (Lipinski definition) is 2. The fraction of sp³-hybridized carbons (Fsp3) is 0.600. The molecule has 1 heterocycles. The first kappa shape index (κ1) is 11.1. The molecule has 1 unspecified atom stereocenters. The molecular weight excluding hydrogens is 208 g/mol. The van der Waals surface area contributed by atoms with E-state index in [1.165, 1.54) is 36.8 Å². The predicted octanol–water partition coefficient (Wildman–Crippen LogP) is 2.96. The molecule has 2 N–H and O–H groups in total. The largest absolute Gasteiger partial charge is 0.398 e. The van der Waals surface area contributed by atoms with Gasteiger partial charge in [0.1, 0.15) is 0 Å². The van der Waals surface area contributed by atoms with Crippen molar-refractivity contribution in [3.05, 3.63) is 29.3 Å². The van der Waals surface area contributed by atoms with Gasteiger partial charge in [-0.3, -0.25) is 4.90 Å². The van der Waals surface area contributed by atoms with Gasteiger partial charge in [0.2, 0.25) is 0 Å². The Kier molecular flexibility index (Phi) is 2.83. The number of rotatable bonds is 1. The topological polar surface area (TPSA) is 29.3 Å². The van der Waals surface area contributed by atoms with Crippen LogP contribution in [-0.4, -0.2) is 17.0 Å². The molecule has 0 aromatic heterocycles. The van der Waals surface area contributed by atoms with Crippen LogP contribution in [0.4, 0.5) is 5.69 Å². The summed E-state index contributed by atoms with van der Waals surface area (Å²) in [5.74, 6) is 0. The molecule has 92 valence electrons. The van der Waals surface area contributed by atoms with E-state index < -0.39 is 0 Å². The number of hydrogen-bond donors (Lipinski definition) is 1. The summed E-state index contributed by atoms with van der Waals surface area (Å²) in [7, 11) is 0. The van der Waals surface area contributed by atoms with Crippen LogP contribution < -0.4 is 5.73 Å². The maximum Gasteiger partial charge on any atom is 0.0350 e. The molecule has 1 aromatic carbocycles. The van der Waals surface area contributed by atoms with Gasteiger partial charge in [-0.05, 0) is 43.4 Å². The highest BCUT2D eigenvalue weighted by Crippen LogP contribution is 2.33. The van der Waals surface area contributed by atoms with Gasteiger partial charge in [0.15, 0.2) is 0 Å². The van der Waals surface area contributed by atoms with E-state index in [9.17, 15) is 0 Å². The van der Waals surface area contributed by atoms with Crippen LogP contribution in [0.1, 0.15) is 43.7 Å². The summed E-state index contributed by atoms with van der Waals surface area (Å²) >= 11 is 0. The predicted molar refractivity (Wildman–Crippen MR) is 71.8 cm³/mol. The number of anilines is 1. The molecule has 1 aromatic rings. The van der Waals surface area contributed by atoms with Gasteiger partial charge in [-0.25, -0.2) is 0 Å². The van der Waals surface area contributed by atoms with E-state index in [0.29, 0.717) is 6.04 Å². The molecule has 1 fully saturated rings. The number of fused-ring (bicyclic) bond motifs is 1. The van der Waals surface area contributed by atoms with Gasteiger partial charge in [-0.2, -0.15) is 0 Å². The van der Waals surface area contributed by atoms with Gasteiger partial charge >= 0.3 is 0 Å². The van der Waals surface area contributed by atoms with Crippen LogP contribution in [0.3, 0.4) is 0 Å². The highest BCUT2D eigenvalue weighted by atomic mass is 15.2. The minimum atomic E-state index is 0.648. The minimum absolute atomic E-state index is 0.648. The van der Waals surface area contributed by atoms with E-state index in [-0.39, 0.29) is 0 Å². The molecule has 0 radical (unpaired) electrons. The van der Waals surface area contributed by atoms with E-state index in [4.69, 9.17) is 5.73 Å². The maximum atomic E-state index is 6.08. The summed E-state index contributed by atoms with van der Waals surface area (Å²) in [4.78, 5) is 2.70. The zero-order valence-corrected chi connectivity index (χ0v) is 10.7. The normalized spacial score (nSPS) is 26.1. The molecule has 3 rings (SSSR count). The average molecular weight is 230 g/mol. The first-order chi connectivity index (χ1) is 8.25. The lowest BCUT2D eigenvalue weighted by molar-refractivity contribution is 0.124. The van der Waals surface area contributed by atoms with Gasteiger partial charge in [0, 0.05) is 24.3 Å². The number of nitrogens with zero attached hydrogens (tertiary/aromatic N) is 1. The standard InChI is InChI=1S/C15H22N2/c1-11-9-14-12(5-4-8-15(14)16)10-17(11)13-6-2-3-7-13/h4-5,8,11,13H,2-3,6-7,9-10,16H2,1H3. The van der Waals surface area contributed by atoms with Crippen molar-refractivity contribution in [3.8, 4) is 0 Å². The van der Waals surface area contributed by atoms with Crippen molar-refractivity contribution < 1.29 is 0 Å². The van der Waals surface area contributed by atoms with Crippen molar-refractivity contribution in [2.75, 3.05) is 5.73 Å². The summed E-state index contributed by atoms with van der Waals surface area (Å²) in [6.07, 6.45) is 6.73. The second kappa shape index (κ2) is 4.34. The van der Waals surface area contributed by atoms with Crippen molar-refractivity contribution >= 4 is 5.69 Å². The van der Waals surface area contributed by atoms with Crippen LogP contribution in [0.15, 0.2) is 18.2 Å². The molecule has 1 saturated carbocycles. The van der Waals surface area contributed by atoms with E-state index in [0.717, 1.165) is 24.7 Å². The average Bonchev–Trinajstić information content (AvgIpc) is 2.83. The molecule has 2 nitrogen and oxygen atoms in total. The van der Waals surface area contributed by atoms with Crippen molar-refractivity contribution in [1.29, 1.82) is 0 Å². The maximum absolute atomic E-state index is 6.08. The van der Waals surface area contributed by atoms with Crippen molar-refractivity contribution in [3.63, 3.8) is 0 Å². The molecule has 2 heteroatoms. The number of nitrogen functional groups attached to an aromatic ring is 1. The first-order valence-corrected chi connectivity index (χ1v) is 6.87. The Morgan fingerprint density at radius 1 is 1.24 bits per heavy atom. The zero-order chi connectivity index (χ0) is 11.8. The fourth-order valence-corrected chi connectivity index (χ4v) is 3.54. The molecule has 17 heavy (non-hydrogen) atoms.